The molecule has 10 heteroatoms. The minimum atomic E-state index is -3.70. The van der Waals surface area contributed by atoms with Gasteiger partial charge >= 0.3 is 0 Å². The lowest BCUT2D eigenvalue weighted by atomic mass is 10.1. The van der Waals surface area contributed by atoms with Gasteiger partial charge in [-0.1, -0.05) is 0 Å². The first-order valence-corrected chi connectivity index (χ1v) is 8.54. The van der Waals surface area contributed by atoms with Crippen LogP contribution in [-0.2, 0) is 10.0 Å². The van der Waals surface area contributed by atoms with Crippen LogP contribution < -0.4 is 10.5 Å². The molecule has 0 aliphatic rings. The van der Waals surface area contributed by atoms with Gasteiger partial charge in [0.1, 0.15) is 4.90 Å². The second kappa shape index (κ2) is 5.80. The summed E-state index contributed by atoms with van der Waals surface area (Å²) in [6, 6.07) is 2.39. The Hall–Kier alpha value is -2.59. The summed E-state index contributed by atoms with van der Waals surface area (Å²) in [6.45, 7) is 3.43. The number of nitrogens with two attached hydrogens (primary N) is 1. The second-order valence-electron chi connectivity index (χ2n) is 5.50. The molecule has 8 nitrogen and oxygen atoms in total. The largest absolute Gasteiger partial charge is 0.366 e. The highest BCUT2D eigenvalue weighted by molar-refractivity contribution is 7.89. The van der Waals surface area contributed by atoms with Crippen molar-refractivity contribution in [1.29, 1.82) is 0 Å². The lowest BCUT2D eigenvalue weighted by Crippen LogP contribution is -2.30. The second-order valence-corrected chi connectivity index (χ2v) is 7.21. The first-order valence-electron chi connectivity index (χ1n) is 7.05. The zero-order valence-corrected chi connectivity index (χ0v) is 13.7. The van der Waals surface area contributed by atoms with Crippen LogP contribution in [0, 0.1) is 5.82 Å². The summed E-state index contributed by atoms with van der Waals surface area (Å²) in [5.74, 6) is -0.674. The minimum absolute atomic E-state index is 0.00513. The van der Waals surface area contributed by atoms with Crippen LogP contribution in [-0.4, -0.2) is 34.0 Å². The number of fused-ring (bicyclic) bond motifs is 1. The molecule has 0 radical (unpaired) electrons. The predicted molar refractivity (Wildman–Crippen MR) is 86.0 cm³/mol. The van der Waals surface area contributed by atoms with E-state index in [2.05, 4.69) is 19.8 Å². The van der Waals surface area contributed by atoms with Crippen molar-refractivity contribution in [2.75, 3.05) is 5.73 Å². The van der Waals surface area contributed by atoms with Crippen LogP contribution in [0.25, 0.3) is 16.8 Å². The molecule has 0 saturated carbocycles. The van der Waals surface area contributed by atoms with Crippen LogP contribution in [0.4, 0.5) is 10.3 Å². The number of nitrogens with one attached hydrogen (secondary N) is 1. The minimum Gasteiger partial charge on any atom is -0.366 e. The summed E-state index contributed by atoms with van der Waals surface area (Å²) >= 11 is 0. The van der Waals surface area contributed by atoms with Gasteiger partial charge in [-0.2, -0.15) is 4.98 Å². The van der Waals surface area contributed by atoms with Gasteiger partial charge < -0.3 is 5.73 Å². The average Bonchev–Trinajstić information content (AvgIpc) is 2.87. The number of nitrogens with zero attached hydrogens (tertiary/aromatic N) is 4. The molecule has 0 fully saturated rings. The maximum atomic E-state index is 14.1. The Balaban J connectivity index is 2.09. The summed E-state index contributed by atoms with van der Waals surface area (Å²) in [5, 5.41) is 3.86. The molecule has 0 amide bonds. The molecular weight excluding hydrogens is 335 g/mol. The van der Waals surface area contributed by atoms with Gasteiger partial charge in [-0.25, -0.2) is 22.0 Å². The lowest BCUT2D eigenvalue weighted by Gasteiger charge is -2.10. The molecule has 3 rings (SSSR count). The number of pyridine rings is 2. The number of aromatic nitrogens is 4. The number of anilines is 1. The molecule has 3 heterocycles. The monoisotopic (exact) mass is 350 g/mol. The Bertz CT molecular complexity index is 1020. The molecule has 0 aliphatic heterocycles. The van der Waals surface area contributed by atoms with E-state index in [9.17, 15) is 12.8 Å². The van der Waals surface area contributed by atoms with Crippen LogP contribution in [0.2, 0.25) is 0 Å². The van der Waals surface area contributed by atoms with E-state index in [1.807, 2.05) is 0 Å². The van der Waals surface area contributed by atoms with Crippen molar-refractivity contribution < 1.29 is 12.8 Å². The fourth-order valence-corrected chi connectivity index (χ4v) is 3.46. The van der Waals surface area contributed by atoms with E-state index < -0.39 is 15.8 Å². The Morgan fingerprint density at radius 2 is 2.00 bits per heavy atom. The van der Waals surface area contributed by atoms with Crippen molar-refractivity contribution in [3.8, 4) is 11.1 Å². The zero-order valence-electron chi connectivity index (χ0n) is 12.9. The van der Waals surface area contributed by atoms with E-state index in [4.69, 9.17) is 5.73 Å². The number of halogens is 1. The topological polar surface area (TPSA) is 115 Å². The normalized spacial score (nSPS) is 12.2. The van der Waals surface area contributed by atoms with Gasteiger partial charge in [0.05, 0.1) is 0 Å². The van der Waals surface area contributed by atoms with Crippen LogP contribution in [0.3, 0.4) is 0 Å². The van der Waals surface area contributed by atoms with E-state index in [1.54, 1.807) is 13.8 Å². The molecule has 0 spiro atoms. The quantitative estimate of drug-likeness (QED) is 0.730. The van der Waals surface area contributed by atoms with Crippen LogP contribution in [0.5, 0.6) is 0 Å². The molecular formula is C14H15FN6O2S. The number of hydrogen-bond acceptors (Lipinski definition) is 6. The third-order valence-corrected chi connectivity index (χ3v) is 4.78. The number of hydrogen-bond donors (Lipinski definition) is 2. The zero-order chi connectivity index (χ0) is 17.5. The highest BCUT2D eigenvalue weighted by Gasteiger charge is 2.17. The predicted octanol–water partition coefficient (Wildman–Crippen LogP) is 1.20. The molecule has 0 bridgehead atoms. The van der Waals surface area contributed by atoms with Gasteiger partial charge in [-0.3, -0.25) is 4.98 Å². The number of sulfonamides is 1. The van der Waals surface area contributed by atoms with Gasteiger partial charge in [-0.15, -0.1) is 5.10 Å². The van der Waals surface area contributed by atoms with Crippen molar-refractivity contribution >= 4 is 21.6 Å². The summed E-state index contributed by atoms with van der Waals surface area (Å²) in [7, 11) is -3.70. The van der Waals surface area contributed by atoms with Gasteiger partial charge in [0.15, 0.2) is 11.5 Å². The van der Waals surface area contributed by atoms with Crippen LogP contribution in [0.15, 0.2) is 35.6 Å². The average molecular weight is 350 g/mol. The van der Waals surface area contributed by atoms with Crippen LogP contribution in [0.1, 0.15) is 13.8 Å². The Labute approximate surface area is 137 Å². The number of nitrogen functional groups attached to an aromatic ring is 1. The first-order chi connectivity index (χ1) is 11.3. The maximum Gasteiger partial charge on any atom is 0.242 e. The Kier molecular flexibility index (Phi) is 3.93. The molecule has 24 heavy (non-hydrogen) atoms. The highest BCUT2D eigenvalue weighted by Crippen LogP contribution is 2.23. The molecule has 0 unspecified atom stereocenters. The molecule has 0 aromatic carbocycles. The van der Waals surface area contributed by atoms with Crippen molar-refractivity contribution in [3.05, 3.63) is 36.5 Å². The lowest BCUT2D eigenvalue weighted by molar-refractivity contribution is 0.569. The highest BCUT2D eigenvalue weighted by atomic mass is 32.2. The van der Waals surface area contributed by atoms with Gasteiger partial charge in [0.2, 0.25) is 16.0 Å². The van der Waals surface area contributed by atoms with Crippen LogP contribution >= 0.6 is 0 Å². The van der Waals surface area contributed by atoms with Crippen molar-refractivity contribution in [2.24, 2.45) is 0 Å². The first kappa shape index (κ1) is 16.3. The van der Waals surface area contributed by atoms with Gasteiger partial charge in [-0.05, 0) is 26.0 Å². The summed E-state index contributed by atoms with van der Waals surface area (Å²) in [5.41, 5.74) is 6.29. The summed E-state index contributed by atoms with van der Waals surface area (Å²) < 4.78 is 42.3. The molecule has 0 aliphatic carbocycles. The molecule has 3 aromatic heterocycles. The number of rotatable bonds is 4. The third-order valence-electron chi connectivity index (χ3n) is 3.15. The van der Waals surface area contributed by atoms with E-state index in [0.29, 0.717) is 11.1 Å². The van der Waals surface area contributed by atoms with E-state index in [1.165, 1.54) is 35.2 Å². The van der Waals surface area contributed by atoms with E-state index in [0.717, 1.165) is 0 Å². The summed E-state index contributed by atoms with van der Waals surface area (Å²) in [4.78, 5) is 7.70. The van der Waals surface area contributed by atoms with Crippen molar-refractivity contribution in [3.63, 3.8) is 0 Å². The molecule has 126 valence electrons. The standard InChI is InChI=1S/C14H15FN6O2S/c1-8(2)20-24(22,23)11-3-9(5-17-6-11)10-4-12(15)13-18-14(16)19-21(13)7-10/h3-8,20H,1-2H3,(H2,16,19). The smallest absolute Gasteiger partial charge is 0.242 e. The summed E-state index contributed by atoms with van der Waals surface area (Å²) in [6.07, 6.45) is 4.18. The Morgan fingerprint density at radius 3 is 2.71 bits per heavy atom. The Morgan fingerprint density at radius 1 is 1.25 bits per heavy atom. The van der Waals surface area contributed by atoms with Crippen molar-refractivity contribution in [1.82, 2.24) is 24.3 Å². The van der Waals surface area contributed by atoms with Crippen molar-refractivity contribution in [2.45, 2.75) is 24.8 Å². The molecule has 3 N–H and O–H groups in total. The van der Waals surface area contributed by atoms with E-state index >= 15 is 0 Å². The SMILES string of the molecule is CC(C)NS(=O)(=O)c1cncc(-c2cc(F)c3nc(N)nn3c2)c1. The molecule has 3 aromatic rings. The maximum absolute atomic E-state index is 14.1. The van der Waals surface area contributed by atoms with Gasteiger partial charge in [0.25, 0.3) is 0 Å². The van der Waals surface area contributed by atoms with Gasteiger partial charge in [0, 0.05) is 35.8 Å². The molecule has 0 saturated heterocycles. The fraction of sp³-hybridized carbons (Fsp3) is 0.214. The van der Waals surface area contributed by atoms with E-state index in [-0.39, 0.29) is 22.5 Å². The molecule has 0 atom stereocenters. The third kappa shape index (κ3) is 3.05. The fourth-order valence-electron chi connectivity index (χ4n) is 2.22.